The number of aromatic nitrogens is 2. The standard InChI is InChI=1S/C22H29N7O2/c1-15(2)11-24-12-16(3)18-13-27-19(14-26-18)28-21(30)6-7-22(31)29-9-5-8-25-20(29)10-17(4)23/h10-14,23,25H,3,5-9H2,1-2,4H3,(H,27,28,30)/b20-10+,23-17?,24-12-. The summed E-state index contributed by atoms with van der Waals surface area (Å²) in [4.78, 5) is 38.9. The zero-order chi connectivity index (χ0) is 22.8. The highest BCUT2D eigenvalue weighted by Crippen LogP contribution is 2.13. The van der Waals surface area contributed by atoms with Gasteiger partial charge in [0.2, 0.25) is 11.8 Å². The molecule has 1 aromatic rings. The van der Waals surface area contributed by atoms with Crippen molar-refractivity contribution in [2.75, 3.05) is 18.4 Å². The summed E-state index contributed by atoms with van der Waals surface area (Å²) < 4.78 is 0. The maximum Gasteiger partial charge on any atom is 0.228 e. The van der Waals surface area contributed by atoms with Crippen LogP contribution >= 0.6 is 0 Å². The molecule has 164 valence electrons. The number of anilines is 1. The Hall–Kier alpha value is -3.62. The van der Waals surface area contributed by atoms with Crippen molar-refractivity contribution in [1.82, 2.24) is 20.2 Å². The molecule has 9 heteroatoms. The van der Waals surface area contributed by atoms with Gasteiger partial charge in [0.1, 0.15) is 5.82 Å². The summed E-state index contributed by atoms with van der Waals surface area (Å²) in [6, 6.07) is 0. The number of rotatable bonds is 8. The second-order valence-electron chi connectivity index (χ2n) is 7.38. The molecule has 0 bridgehead atoms. The lowest BCUT2D eigenvalue weighted by molar-refractivity contribution is -0.131. The van der Waals surface area contributed by atoms with Crippen molar-refractivity contribution >= 4 is 35.1 Å². The van der Waals surface area contributed by atoms with Gasteiger partial charge in [-0.2, -0.15) is 0 Å². The molecule has 2 rings (SSSR count). The predicted octanol–water partition coefficient (Wildman–Crippen LogP) is 2.91. The van der Waals surface area contributed by atoms with Crippen molar-refractivity contribution in [2.45, 2.75) is 40.0 Å². The first-order valence-corrected chi connectivity index (χ1v) is 10.0. The molecule has 1 aliphatic rings. The maximum atomic E-state index is 12.5. The lowest BCUT2D eigenvalue weighted by Gasteiger charge is -2.31. The van der Waals surface area contributed by atoms with Crippen LogP contribution in [0.5, 0.6) is 0 Å². The number of amides is 2. The van der Waals surface area contributed by atoms with Crippen LogP contribution in [0.3, 0.4) is 0 Å². The molecule has 1 aliphatic heterocycles. The first kappa shape index (κ1) is 23.7. The summed E-state index contributed by atoms with van der Waals surface area (Å²) in [7, 11) is 0. The van der Waals surface area contributed by atoms with Gasteiger partial charge in [0, 0.05) is 49.6 Å². The molecule has 0 radical (unpaired) electrons. The van der Waals surface area contributed by atoms with Crippen LogP contribution in [0.4, 0.5) is 5.82 Å². The van der Waals surface area contributed by atoms with E-state index < -0.39 is 0 Å². The number of hydrogen-bond acceptors (Lipinski definition) is 7. The van der Waals surface area contributed by atoms with Crippen molar-refractivity contribution in [3.05, 3.63) is 48.3 Å². The number of allylic oxidation sites excluding steroid dienone is 3. The van der Waals surface area contributed by atoms with E-state index in [0.29, 0.717) is 35.2 Å². The Bertz CT molecular complexity index is 926. The Morgan fingerprint density at radius 3 is 2.71 bits per heavy atom. The SMILES string of the molecule is C=C(/C=N\C=C(C)C)c1cnc(NC(=O)CCC(=O)N2CCCN/C2=C\C(C)=N)cn1. The highest BCUT2D eigenvalue weighted by atomic mass is 16.2. The Kier molecular flexibility index (Phi) is 8.80. The van der Waals surface area contributed by atoms with Crippen LogP contribution in [0.25, 0.3) is 5.57 Å². The molecular formula is C22H29N7O2. The van der Waals surface area contributed by atoms with Gasteiger partial charge in [-0.05, 0) is 33.3 Å². The summed E-state index contributed by atoms with van der Waals surface area (Å²) in [5.74, 6) is 0.426. The van der Waals surface area contributed by atoms with Crippen LogP contribution in [0.15, 0.2) is 47.6 Å². The second kappa shape index (κ2) is 11.5. The summed E-state index contributed by atoms with van der Waals surface area (Å²) in [6.45, 7) is 10.8. The largest absolute Gasteiger partial charge is 0.371 e. The molecule has 1 saturated heterocycles. The van der Waals surface area contributed by atoms with Crippen LogP contribution in [0.2, 0.25) is 0 Å². The van der Waals surface area contributed by atoms with Gasteiger partial charge < -0.3 is 16.0 Å². The third kappa shape index (κ3) is 7.96. The normalized spacial score (nSPS) is 14.8. The molecule has 0 aliphatic carbocycles. The third-order valence-electron chi connectivity index (χ3n) is 4.19. The molecule has 2 heterocycles. The topological polar surface area (TPSA) is 123 Å². The van der Waals surface area contributed by atoms with Gasteiger partial charge in [-0.15, -0.1) is 0 Å². The fourth-order valence-corrected chi connectivity index (χ4v) is 2.72. The predicted molar refractivity (Wildman–Crippen MR) is 123 cm³/mol. The van der Waals surface area contributed by atoms with Crippen LogP contribution in [0.1, 0.15) is 45.7 Å². The monoisotopic (exact) mass is 423 g/mol. The molecule has 0 aromatic carbocycles. The average molecular weight is 424 g/mol. The fourth-order valence-electron chi connectivity index (χ4n) is 2.72. The van der Waals surface area contributed by atoms with Gasteiger partial charge in [0.15, 0.2) is 5.82 Å². The quantitative estimate of drug-likeness (QED) is 0.555. The molecule has 31 heavy (non-hydrogen) atoms. The Morgan fingerprint density at radius 1 is 1.29 bits per heavy atom. The molecule has 3 N–H and O–H groups in total. The van der Waals surface area contributed by atoms with Crippen molar-refractivity contribution in [1.29, 1.82) is 5.41 Å². The maximum absolute atomic E-state index is 12.5. The van der Waals surface area contributed by atoms with Crippen LogP contribution < -0.4 is 10.6 Å². The van der Waals surface area contributed by atoms with E-state index in [1.165, 1.54) is 12.4 Å². The van der Waals surface area contributed by atoms with E-state index in [0.717, 1.165) is 18.5 Å². The summed E-state index contributed by atoms with van der Waals surface area (Å²) >= 11 is 0. The van der Waals surface area contributed by atoms with Crippen molar-refractivity contribution in [2.24, 2.45) is 4.99 Å². The second-order valence-corrected chi connectivity index (χ2v) is 7.38. The number of hydrogen-bond donors (Lipinski definition) is 3. The molecule has 0 saturated carbocycles. The molecule has 1 aromatic heterocycles. The Morgan fingerprint density at radius 2 is 2.06 bits per heavy atom. The lowest BCUT2D eigenvalue weighted by atomic mass is 10.2. The summed E-state index contributed by atoms with van der Waals surface area (Å²) in [5.41, 5.74) is 2.58. The first-order valence-electron chi connectivity index (χ1n) is 10.0. The molecule has 9 nitrogen and oxygen atoms in total. The van der Waals surface area contributed by atoms with Crippen molar-refractivity contribution in [3.8, 4) is 0 Å². The van der Waals surface area contributed by atoms with E-state index in [4.69, 9.17) is 5.41 Å². The Balaban J connectivity index is 1.87. The number of carbonyl (C=O) groups excluding carboxylic acids is 2. The van der Waals surface area contributed by atoms with E-state index >= 15 is 0 Å². The van der Waals surface area contributed by atoms with Crippen LogP contribution in [-0.2, 0) is 9.59 Å². The van der Waals surface area contributed by atoms with Crippen LogP contribution in [0, 0.1) is 5.41 Å². The molecule has 1 fully saturated rings. The van der Waals surface area contributed by atoms with Crippen molar-refractivity contribution in [3.63, 3.8) is 0 Å². The summed E-state index contributed by atoms with van der Waals surface area (Å²) in [6.07, 6.45) is 8.79. The highest BCUT2D eigenvalue weighted by molar-refractivity contribution is 6.08. The zero-order valence-corrected chi connectivity index (χ0v) is 18.2. The van der Waals surface area contributed by atoms with Crippen LogP contribution in [-0.4, -0.2) is 51.7 Å². The number of carbonyl (C=O) groups is 2. The van der Waals surface area contributed by atoms with E-state index in [-0.39, 0.29) is 24.7 Å². The number of aliphatic imine (C=N–C) groups is 1. The van der Waals surface area contributed by atoms with Crippen molar-refractivity contribution < 1.29 is 9.59 Å². The minimum atomic E-state index is -0.321. The highest BCUT2D eigenvalue weighted by Gasteiger charge is 2.22. The Labute approximate surface area is 182 Å². The minimum Gasteiger partial charge on any atom is -0.371 e. The molecule has 0 spiro atoms. The lowest BCUT2D eigenvalue weighted by Crippen LogP contribution is -2.43. The average Bonchev–Trinajstić information content (AvgIpc) is 2.72. The van der Waals surface area contributed by atoms with Gasteiger partial charge >= 0.3 is 0 Å². The smallest absolute Gasteiger partial charge is 0.228 e. The first-order chi connectivity index (χ1) is 14.8. The number of nitrogens with one attached hydrogen (secondary N) is 3. The van der Waals surface area contributed by atoms with E-state index in [1.54, 1.807) is 30.3 Å². The molecule has 0 atom stereocenters. The third-order valence-corrected chi connectivity index (χ3v) is 4.19. The van der Waals surface area contributed by atoms with Gasteiger partial charge in [0.25, 0.3) is 0 Å². The fraction of sp³-hybridized carbons (Fsp3) is 0.364. The van der Waals surface area contributed by atoms with E-state index in [9.17, 15) is 9.59 Å². The van der Waals surface area contributed by atoms with Gasteiger partial charge in [-0.1, -0.05) is 12.2 Å². The minimum absolute atomic E-state index is 0.0255. The van der Waals surface area contributed by atoms with E-state index in [1.807, 2.05) is 13.8 Å². The zero-order valence-electron chi connectivity index (χ0n) is 18.2. The molecular weight excluding hydrogens is 394 g/mol. The number of nitrogens with zero attached hydrogens (tertiary/aromatic N) is 4. The van der Waals surface area contributed by atoms with E-state index in [2.05, 4.69) is 32.2 Å². The summed E-state index contributed by atoms with van der Waals surface area (Å²) in [5, 5.41) is 13.4. The molecule has 0 unspecified atom stereocenters. The van der Waals surface area contributed by atoms with Gasteiger partial charge in [-0.3, -0.25) is 24.5 Å². The molecule has 2 amide bonds. The van der Waals surface area contributed by atoms with Gasteiger partial charge in [-0.25, -0.2) is 4.98 Å². The van der Waals surface area contributed by atoms with Gasteiger partial charge in [0.05, 0.1) is 18.1 Å².